The van der Waals surface area contributed by atoms with Gasteiger partial charge in [0.25, 0.3) is 0 Å². The van der Waals surface area contributed by atoms with E-state index < -0.39 is 11.8 Å². The van der Waals surface area contributed by atoms with E-state index in [4.69, 9.17) is 9.47 Å². The molecule has 2 aromatic carbocycles. The molecule has 2 aromatic rings. The highest BCUT2D eigenvalue weighted by atomic mass is 16.6. The third kappa shape index (κ3) is 4.14. The first-order chi connectivity index (χ1) is 12.5. The van der Waals surface area contributed by atoms with Gasteiger partial charge < -0.3 is 20.1 Å². The standard InChI is InChI=1S/C20H22N2O4/c1-13(2)15-7-3-4-8-16(15)22-20(24)19(23)21-11-14-12-25-17-9-5-6-10-18(17)26-14/h3-10,13-14H,11-12H2,1-2H3,(H,21,23)(H,22,24). The molecule has 1 unspecified atom stereocenters. The molecule has 1 atom stereocenters. The minimum absolute atomic E-state index is 0.187. The van der Waals surface area contributed by atoms with Crippen LogP contribution in [-0.2, 0) is 9.59 Å². The smallest absolute Gasteiger partial charge is 0.313 e. The molecule has 0 saturated carbocycles. The molecule has 1 aliphatic heterocycles. The first-order valence-corrected chi connectivity index (χ1v) is 8.61. The van der Waals surface area contributed by atoms with Crippen molar-refractivity contribution in [3.63, 3.8) is 0 Å². The van der Waals surface area contributed by atoms with Crippen LogP contribution in [-0.4, -0.2) is 31.1 Å². The number of carbonyl (C=O) groups is 2. The predicted molar refractivity (Wildman–Crippen MR) is 98.5 cm³/mol. The molecule has 0 fully saturated rings. The van der Waals surface area contributed by atoms with Gasteiger partial charge in [0.1, 0.15) is 12.7 Å². The molecular weight excluding hydrogens is 332 g/mol. The van der Waals surface area contributed by atoms with Gasteiger partial charge in [-0.3, -0.25) is 9.59 Å². The lowest BCUT2D eigenvalue weighted by Gasteiger charge is -2.26. The molecular formula is C20H22N2O4. The Morgan fingerprint density at radius 3 is 2.50 bits per heavy atom. The number of hydrogen-bond donors (Lipinski definition) is 2. The second kappa shape index (κ2) is 7.91. The van der Waals surface area contributed by atoms with E-state index in [0.717, 1.165) is 5.56 Å². The highest BCUT2D eigenvalue weighted by molar-refractivity contribution is 6.39. The summed E-state index contributed by atoms with van der Waals surface area (Å²) in [6.45, 7) is 4.56. The van der Waals surface area contributed by atoms with Crippen LogP contribution in [0.4, 0.5) is 5.69 Å². The molecule has 0 saturated heterocycles. The lowest BCUT2D eigenvalue weighted by molar-refractivity contribution is -0.136. The van der Waals surface area contributed by atoms with Crippen molar-refractivity contribution in [3.8, 4) is 11.5 Å². The number of rotatable bonds is 4. The molecule has 136 valence electrons. The summed E-state index contributed by atoms with van der Waals surface area (Å²) in [4.78, 5) is 24.3. The van der Waals surface area contributed by atoms with Crippen LogP contribution in [0.1, 0.15) is 25.3 Å². The molecule has 0 radical (unpaired) electrons. The Balaban J connectivity index is 1.53. The van der Waals surface area contributed by atoms with Crippen molar-refractivity contribution >= 4 is 17.5 Å². The number of para-hydroxylation sites is 3. The normalized spacial score (nSPS) is 15.4. The van der Waals surface area contributed by atoms with E-state index in [2.05, 4.69) is 10.6 Å². The van der Waals surface area contributed by atoms with E-state index in [1.54, 1.807) is 12.1 Å². The van der Waals surface area contributed by atoms with Crippen LogP contribution in [0.2, 0.25) is 0 Å². The van der Waals surface area contributed by atoms with Crippen molar-refractivity contribution in [2.24, 2.45) is 0 Å². The summed E-state index contributed by atoms with van der Waals surface area (Å²) in [6, 6.07) is 14.8. The zero-order valence-electron chi connectivity index (χ0n) is 14.8. The van der Waals surface area contributed by atoms with Gasteiger partial charge >= 0.3 is 11.8 Å². The number of ether oxygens (including phenoxy) is 2. The molecule has 1 aliphatic rings. The van der Waals surface area contributed by atoms with Gasteiger partial charge in [0, 0.05) is 5.69 Å². The van der Waals surface area contributed by atoms with Gasteiger partial charge in [0.05, 0.1) is 6.54 Å². The molecule has 1 heterocycles. The summed E-state index contributed by atoms with van der Waals surface area (Å²) >= 11 is 0. The SMILES string of the molecule is CC(C)c1ccccc1NC(=O)C(=O)NCC1COc2ccccc2O1. The van der Waals surface area contributed by atoms with Gasteiger partial charge in [-0.25, -0.2) is 0 Å². The zero-order valence-corrected chi connectivity index (χ0v) is 14.8. The number of benzene rings is 2. The van der Waals surface area contributed by atoms with Crippen molar-refractivity contribution < 1.29 is 19.1 Å². The quantitative estimate of drug-likeness (QED) is 0.828. The van der Waals surface area contributed by atoms with Gasteiger partial charge in [0.15, 0.2) is 11.5 Å². The molecule has 6 heteroatoms. The summed E-state index contributed by atoms with van der Waals surface area (Å²) < 4.78 is 11.3. The number of nitrogens with one attached hydrogen (secondary N) is 2. The molecule has 2 amide bonds. The molecule has 6 nitrogen and oxygen atoms in total. The highest BCUT2D eigenvalue weighted by Crippen LogP contribution is 2.30. The number of anilines is 1. The molecule has 0 spiro atoms. The Hall–Kier alpha value is -3.02. The largest absolute Gasteiger partial charge is 0.486 e. The van der Waals surface area contributed by atoms with E-state index in [9.17, 15) is 9.59 Å². The van der Waals surface area contributed by atoms with E-state index in [1.165, 1.54) is 0 Å². The van der Waals surface area contributed by atoms with Gasteiger partial charge in [0.2, 0.25) is 0 Å². The fraction of sp³-hybridized carbons (Fsp3) is 0.300. The van der Waals surface area contributed by atoms with Gasteiger partial charge in [-0.1, -0.05) is 44.2 Å². The van der Waals surface area contributed by atoms with Crippen molar-refractivity contribution in [2.45, 2.75) is 25.9 Å². The monoisotopic (exact) mass is 354 g/mol. The Morgan fingerprint density at radius 2 is 1.73 bits per heavy atom. The molecule has 26 heavy (non-hydrogen) atoms. The van der Waals surface area contributed by atoms with Crippen molar-refractivity contribution in [3.05, 3.63) is 54.1 Å². The molecule has 0 bridgehead atoms. The summed E-state index contributed by atoms with van der Waals surface area (Å²) in [7, 11) is 0. The third-order valence-corrected chi connectivity index (χ3v) is 4.10. The van der Waals surface area contributed by atoms with Crippen LogP contribution in [0.15, 0.2) is 48.5 Å². The lowest BCUT2D eigenvalue weighted by atomic mass is 10.0. The maximum Gasteiger partial charge on any atom is 0.313 e. The minimum atomic E-state index is -0.703. The lowest BCUT2D eigenvalue weighted by Crippen LogP contribution is -2.44. The summed E-state index contributed by atoms with van der Waals surface area (Å²) in [5.74, 6) is 0.148. The summed E-state index contributed by atoms with van der Waals surface area (Å²) in [6.07, 6.45) is -0.343. The number of amides is 2. The van der Waals surface area contributed by atoms with E-state index in [-0.39, 0.29) is 18.6 Å². The van der Waals surface area contributed by atoms with Crippen LogP contribution < -0.4 is 20.1 Å². The molecule has 2 N–H and O–H groups in total. The predicted octanol–water partition coefficient (Wildman–Crippen LogP) is 2.70. The molecule has 0 aromatic heterocycles. The first kappa shape index (κ1) is 17.8. The Labute approximate surface area is 152 Å². The zero-order chi connectivity index (χ0) is 18.5. The molecule has 0 aliphatic carbocycles. The highest BCUT2D eigenvalue weighted by Gasteiger charge is 2.23. The van der Waals surface area contributed by atoms with Crippen LogP contribution in [0.5, 0.6) is 11.5 Å². The summed E-state index contributed by atoms with van der Waals surface area (Å²) in [5.41, 5.74) is 1.63. The minimum Gasteiger partial charge on any atom is -0.486 e. The van der Waals surface area contributed by atoms with E-state index >= 15 is 0 Å². The Bertz CT molecular complexity index is 804. The average molecular weight is 354 g/mol. The number of fused-ring (bicyclic) bond motifs is 1. The average Bonchev–Trinajstić information content (AvgIpc) is 2.66. The fourth-order valence-corrected chi connectivity index (χ4v) is 2.74. The Morgan fingerprint density at radius 1 is 1.04 bits per heavy atom. The summed E-state index contributed by atoms with van der Waals surface area (Å²) in [5, 5.41) is 5.27. The van der Waals surface area contributed by atoms with Gasteiger partial charge in [-0.2, -0.15) is 0 Å². The van der Waals surface area contributed by atoms with E-state index in [1.807, 2.05) is 50.2 Å². The first-order valence-electron chi connectivity index (χ1n) is 8.61. The van der Waals surface area contributed by atoms with Crippen LogP contribution in [0, 0.1) is 0 Å². The van der Waals surface area contributed by atoms with Gasteiger partial charge in [-0.05, 0) is 29.7 Å². The Kier molecular flexibility index (Phi) is 5.41. The van der Waals surface area contributed by atoms with Gasteiger partial charge in [-0.15, -0.1) is 0 Å². The van der Waals surface area contributed by atoms with Crippen LogP contribution in [0.25, 0.3) is 0 Å². The van der Waals surface area contributed by atoms with Crippen molar-refractivity contribution in [1.82, 2.24) is 5.32 Å². The van der Waals surface area contributed by atoms with Crippen molar-refractivity contribution in [2.75, 3.05) is 18.5 Å². The van der Waals surface area contributed by atoms with Crippen LogP contribution >= 0.6 is 0 Å². The van der Waals surface area contributed by atoms with E-state index in [0.29, 0.717) is 23.8 Å². The maximum absolute atomic E-state index is 12.2. The number of hydrogen-bond acceptors (Lipinski definition) is 4. The third-order valence-electron chi connectivity index (χ3n) is 4.10. The maximum atomic E-state index is 12.2. The second-order valence-electron chi connectivity index (χ2n) is 6.40. The second-order valence-corrected chi connectivity index (χ2v) is 6.40. The topological polar surface area (TPSA) is 76.7 Å². The van der Waals surface area contributed by atoms with Crippen molar-refractivity contribution in [1.29, 1.82) is 0 Å². The molecule has 3 rings (SSSR count). The van der Waals surface area contributed by atoms with Crippen LogP contribution in [0.3, 0.4) is 0 Å². The fourth-order valence-electron chi connectivity index (χ4n) is 2.74. The number of carbonyl (C=O) groups excluding carboxylic acids is 2.